The highest BCUT2D eigenvalue weighted by molar-refractivity contribution is 5.75. The van der Waals surface area contributed by atoms with Gasteiger partial charge in [-0.25, -0.2) is 0 Å². The van der Waals surface area contributed by atoms with E-state index >= 15 is 0 Å². The van der Waals surface area contributed by atoms with E-state index in [0.717, 1.165) is 41.5 Å². The molecule has 0 aliphatic carbocycles. The Balaban J connectivity index is 0.918. The quantitative estimate of drug-likeness (QED) is 0.0272. The van der Waals surface area contributed by atoms with Gasteiger partial charge in [-0.05, 0) is 6.92 Å². The van der Waals surface area contributed by atoms with Crippen molar-refractivity contribution in [3.05, 3.63) is 0 Å². The summed E-state index contributed by atoms with van der Waals surface area (Å²) in [5.41, 5.74) is 0. The zero-order valence-electron chi connectivity index (χ0n) is 81.1. The largest absolute Gasteiger partial charge is 0.394 e. The second-order valence-electron chi connectivity index (χ2n) is 38.1. The fourth-order valence-electron chi connectivity index (χ4n) is 19.5. The molecule has 12 saturated heterocycles. The number of aliphatic hydroxyl groups is 31. The molecular formula is C84H140N6O60. The van der Waals surface area contributed by atoms with Crippen molar-refractivity contribution in [3.8, 4) is 0 Å². The SMILES string of the molecule is CC(=O)N[C@H]1[C@H](O[C@H]2[C@H](O)[C@@H](NC(C)=O)C(O)O[C@@H]2CO[C@@H]2O[C@@H](C)[C@@H](O)[C@@H](O)[C@@H]2O)O[C@H](CO)[C@@H](O[C@@H]2O[C@H](CO[C@H]3O[C@H](CO[C@@H]4O[C@H](CO)[C@@H](O[C@@H]5O[C@H](CO)[C@H](O)[C@H](O)[C@H]5O)[C@H](O)[C@H]4NC(C)=O)[C@@H](O)[C@H](O)[C@@H]3O[C@@H]3O[C@H](CO)[C@@H](O[C@@H]4O[C@H](CO)[C@H](O)[C@H](O)[C@H]4O)[C@H](O)[C@H]3NC(C)=O)[C@@H](O)[C@H](O[C@H]3O[C@H](CO)[C@@H](O)[C@H](O)[C@@H]3O[C@@H]3O[C@H](CO)[C@@H](O[C@@H]4O[C@H](CO)[C@H](O)[C@H](O)[C@H]4NC(C)=O)[C@H](O)[C@H]3NC(C)=O)[C@@H]2O)[C@@H]1O. The van der Waals surface area contributed by atoms with E-state index in [-0.39, 0.29) is 0 Å². The van der Waals surface area contributed by atoms with Gasteiger partial charge < -0.3 is 299 Å². The van der Waals surface area contributed by atoms with Crippen molar-refractivity contribution < 1.29 is 296 Å². The molecule has 150 heavy (non-hydrogen) atoms. The molecule has 12 rings (SSSR count). The van der Waals surface area contributed by atoms with Gasteiger partial charge in [-0.3, -0.25) is 28.8 Å². The van der Waals surface area contributed by atoms with Gasteiger partial charge in [0.05, 0.1) is 78.8 Å². The molecule has 6 amide bonds. The number of carbonyl (C=O) groups excluding carboxylic acids is 6. The van der Waals surface area contributed by atoms with Gasteiger partial charge in [0.1, 0.15) is 287 Å². The molecule has 12 heterocycles. The third kappa shape index (κ3) is 27.7. The van der Waals surface area contributed by atoms with Crippen molar-refractivity contribution in [2.75, 3.05) is 72.7 Å². The normalized spacial score (nSPS) is 48.8. The number of carbonyl (C=O) groups is 6. The number of amides is 6. The molecule has 0 aromatic carbocycles. The number of hydrogen-bond donors (Lipinski definition) is 37. The van der Waals surface area contributed by atoms with Gasteiger partial charge in [0.25, 0.3) is 0 Å². The first-order valence-electron chi connectivity index (χ1n) is 48.0. The minimum absolute atomic E-state index is 0.856. The van der Waals surface area contributed by atoms with E-state index in [9.17, 15) is 187 Å². The first-order chi connectivity index (χ1) is 70.9. The van der Waals surface area contributed by atoms with Gasteiger partial charge in [0.15, 0.2) is 75.5 Å². The highest BCUT2D eigenvalue weighted by Crippen LogP contribution is 2.43. The van der Waals surface area contributed by atoms with Crippen LogP contribution in [0.1, 0.15) is 48.5 Å². The Hall–Kier alpha value is -5.34. The van der Waals surface area contributed by atoms with Gasteiger partial charge in [-0.1, -0.05) is 0 Å². The summed E-state index contributed by atoms with van der Waals surface area (Å²) in [6, 6.07) is -11.7. The summed E-state index contributed by atoms with van der Waals surface area (Å²) < 4.78 is 139. The van der Waals surface area contributed by atoms with E-state index in [1.165, 1.54) is 6.92 Å². The van der Waals surface area contributed by atoms with E-state index in [1.807, 2.05) is 0 Å². The van der Waals surface area contributed by atoms with E-state index in [1.54, 1.807) is 0 Å². The van der Waals surface area contributed by atoms with Gasteiger partial charge in [-0.2, -0.15) is 0 Å². The van der Waals surface area contributed by atoms with Gasteiger partial charge in [0, 0.05) is 41.5 Å². The third-order valence-corrected chi connectivity index (χ3v) is 27.4. The Morgan fingerprint density at radius 2 is 0.420 bits per heavy atom. The zero-order valence-corrected chi connectivity index (χ0v) is 81.1. The van der Waals surface area contributed by atoms with E-state index in [4.69, 9.17) is 109 Å². The molecule has 12 aliphatic rings. The average molecular weight is 2190 g/mol. The maximum Gasteiger partial charge on any atom is 0.217 e. The van der Waals surface area contributed by atoms with Crippen LogP contribution in [-0.4, -0.2) is 635 Å². The monoisotopic (exact) mass is 2190 g/mol. The summed E-state index contributed by atoms with van der Waals surface area (Å²) in [5, 5.41) is 366. The number of hydrogen-bond acceptors (Lipinski definition) is 60. The highest BCUT2D eigenvalue weighted by Gasteiger charge is 2.64. The summed E-state index contributed by atoms with van der Waals surface area (Å²) in [5.74, 6) is -5.82. The lowest BCUT2D eigenvalue weighted by Gasteiger charge is -2.51. The van der Waals surface area contributed by atoms with Crippen LogP contribution in [-0.2, 0) is 138 Å². The molecular weight excluding hydrogens is 2050 g/mol. The van der Waals surface area contributed by atoms with Crippen molar-refractivity contribution in [2.24, 2.45) is 0 Å². The number of nitrogens with one attached hydrogen (secondary N) is 6. The van der Waals surface area contributed by atoms with Crippen LogP contribution in [0.15, 0.2) is 0 Å². The van der Waals surface area contributed by atoms with Crippen LogP contribution in [0.5, 0.6) is 0 Å². The van der Waals surface area contributed by atoms with Crippen LogP contribution in [0.3, 0.4) is 0 Å². The Bertz CT molecular complexity index is 4240. The Morgan fingerprint density at radius 3 is 0.807 bits per heavy atom. The number of ether oxygens (including phenoxy) is 23. The molecule has 37 N–H and O–H groups in total. The van der Waals surface area contributed by atoms with Crippen molar-refractivity contribution in [1.82, 2.24) is 31.9 Å². The first-order valence-corrected chi connectivity index (χ1v) is 48.0. The van der Waals surface area contributed by atoms with Crippen LogP contribution in [0.4, 0.5) is 0 Å². The molecule has 0 saturated carbocycles. The van der Waals surface area contributed by atoms with Gasteiger partial charge in [-0.15, -0.1) is 0 Å². The average Bonchev–Trinajstić information content (AvgIpc) is 0.765. The Kier molecular flexibility index (Phi) is 44.4. The maximum atomic E-state index is 13.5. The van der Waals surface area contributed by atoms with Gasteiger partial charge in [0.2, 0.25) is 35.4 Å². The lowest BCUT2D eigenvalue weighted by molar-refractivity contribution is -0.399. The van der Waals surface area contributed by atoms with Crippen LogP contribution in [0, 0.1) is 0 Å². The summed E-state index contributed by atoms with van der Waals surface area (Å²) >= 11 is 0. The van der Waals surface area contributed by atoms with E-state index < -0.39 is 476 Å². The fourth-order valence-corrected chi connectivity index (χ4v) is 19.5. The Morgan fingerprint density at radius 1 is 0.187 bits per heavy atom. The van der Waals surface area contributed by atoms with Crippen molar-refractivity contribution in [3.63, 3.8) is 0 Å². The minimum atomic E-state index is -2.76. The number of aliphatic hydroxyl groups excluding tert-OH is 31. The van der Waals surface area contributed by atoms with E-state index in [2.05, 4.69) is 31.9 Å². The second-order valence-corrected chi connectivity index (χ2v) is 38.1. The molecule has 0 bridgehead atoms. The van der Waals surface area contributed by atoms with Crippen molar-refractivity contribution >= 4 is 35.4 Å². The summed E-state index contributed by atoms with van der Waals surface area (Å²) in [7, 11) is 0. The summed E-state index contributed by atoms with van der Waals surface area (Å²) in [6.07, 6.45) is -116. The smallest absolute Gasteiger partial charge is 0.217 e. The summed E-state index contributed by atoms with van der Waals surface area (Å²) in [4.78, 5) is 78.3. The standard InChI is InChI=1S/C84H140N6O60/c1-19-43(105)56(118)61(123)79(131-19)129-18-36-69(51(113)37(73(127)132-36)85-20(2)99)144-76-40(88-23(5)102)54(116)68(33(15-98)138-76)147-82-64(126)70(148-84-72(59(121)47(109)29(11-94)136-84)150-78-41(89-24(6)103)53(115)65(31(13-96)139-78)143-75-38(86-21(3)100)50(112)44(106)26(8-91)133-75)49(111)35(141-82)17-130-83-71(149-77-42(90-25(7)104)55(117)67(32(14-97)140-77)146-81-63(125)58(120)46(108)28(10-93)135-81)60(122)48(110)34(142-83)16-128-74-39(87-22(4)101)52(114)66(30(12-95)137-74)145-80-62(124)57(119)45(107)27(9-92)134-80/h19,26-84,91-98,105-127H,8-18H2,1-7H3,(H,85,99)(H,86,100)(H,87,101)(H,88,102)(H,89,103)(H,90,104)/t19-,26+,27+,28+,29+,30+,31+,32+,33+,34+,35+,36+,37+,38+,39+,40+,41+,42+,43+,44-,45-,46-,47+,48+,49+,50+,51+,52+,53+,54+,55+,56+,57-,58-,59-,60-,61-,62+,63+,64-,65+,66+,67+,68+,69+,70-,71-,72-,73?,74+,75-,76-,77-,78-,79+,80-,81-,82-,83-,84+/m0/s1. The lowest BCUT2D eigenvalue weighted by Crippen LogP contribution is -2.71. The number of rotatable bonds is 39. The van der Waals surface area contributed by atoms with E-state index in [0.29, 0.717) is 0 Å². The van der Waals surface area contributed by atoms with Crippen LogP contribution < -0.4 is 31.9 Å². The molecule has 12 fully saturated rings. The molecule has 12 aliphatic heterocycles. The lowest BCUT2D eigenvalue weighted by atomic mass is 9.93. The molecule has 0 aromatic heterocycles. The van der Waals surface area contributed by atoms with Crippen LogP contribution >= 0.6 is 0 Å². The molecule has 0 radical (unpaired) electrons. The molecule has 66 nitrogen and oxygen atoms in total. The Labute approximate surface area is 849 Å². The van der Waals surface area contributed by atoms with Gasteiger partial charge >= 0.3 is 0 Å². The molecule has 60 atom stereocenters. The summed E-state index contributed by atoms with van der Waals surface area (Å²) in [6.45, 7) is -5.93. The molecule has 866 valence electrons. The second kappa shape index (κ2) is 54.0. The third-order valence-electron chi connectivity index (χ3n) is 27.4. The van der Waals surface area contributed by atoms with Crippen LogP contribution in [0.2, 0.25) is 0 Å². The van der Waals surface area contributed by atoms with Crippen LogP contribution in [0.25, 0.3) is 0 Å². The highest BCUT2D eigenvalue weighted by atomic mass is 16.8. The van der Waals surface area contributed by atoms with Crippen molar-refractivity contribution in [1.29, 1.82) is 0 Å². The fraction of sp³-hybridized carbons (Fsp3) is 0.929. The zero-order chi connectivity index (χ0) is 110. The van der Waals surface area contributed by atoms with Crippen molar-refractivity contribution in [2.45, 2.75) is 417 Å². The molecule has 0 spiro atoms. The molecule has 0 aromatic rings. The predicted molar refractivity (Wildman–Crippen MR) is 463 cm³/mol. The minimum Gasteiger partial charge on any atom is -0.394 e. The predicted octanol–water partition coefficient (Wildman–Crippen LogP) is -25.3. The topological polar surface area (TPSA) is 1010 Å². The first kappa shape index (κ1) is 123. The maximum absolute atomic E-state index is 13.5. The molecule has 1 unspecified atom stereocenters. The molecule has 66 heteroatoms.